The van der Waals surface area contributed by atoms with E-state index >= 15 is 0 Å². The van der Waals surface area contributed by atoms with Gasteiger partial charge in [-0.05, 0) is 24.4 Å². The molecule has 2 aliphatic rings. The van der Waals surface area contributed by atoms with Gasteiger partial charge in [-0.3, -0.25) is 15.2 Å². The fraction of sp³-hybridized carbons (Fsp3) is 0.500. The van der Waals surface area contributed by atoms with Crippen LogP contribution in [0.4, 0.5) is 5.69 Å². The SMILES string of the molecule is CC(=O)N1CC/C(=N/NC(=S)N2CCNC(CN=O)C2)c2ncccc21. The molecule has 0 spiro atoms. The lowest BCUT2D eigenvalue weighted by atomic mass is 10.1. The van der Waals surface area contributed by atoms with Gasteiger partial charge in [-0.2, -0.15) is 10.0 Å². The molecular formula is C16H21N7O2S. The number of nitrogens with one attached hydrogen (secondary N) is 2. The first-order valence-corrected chi connectivity index (χ1v) is 8.88. The van der Waals surface area contributed by atoms with Crippen LogP contribution in [0.25, 0.3) is 0 Å². The Kier molecular flexibility index (Phi) is 5.84. The number of carbonyl (C=O) groups excluding carboxylic acids is 1. The van der Waals surface area contributed by atoms with Crippen molar-refractivity contribution in [2.45, 2.75) is 19.4 Å². The van der Waals surface area contributed by atoms with Crippen molar-refractivity contribution >= 4 is 34.6 Å². The van der Waals surface area contributed by atoms with E-state index in [9.17, 15) is 9.70 Å². The highest BCUT2D eigenvalue weighted by Crippen LogP contribution is 2.25. The molecule has 0 aromatic carbocycles. The number of hydrazone groups is 1. The number of amides is 1. The van der Waals surface area contributed by atoms with Crippen LogP contribution in [-0.2, 0) is 4.79 Å². The number of nitrogens with zero attached hydrogens (tertiary/aromatic N) is 5. The van der Waals surface area contributed by atoms with Gasteiger partial charge in [0.15, 0.2) is 5.11 Å². The number of anilines is 1. The zero-order valence-electron chi connectivity index (χ0n) is 14.5. The molecule has 9 nitrogen and oxygen atoms in total. The first-order valence-electron chi connectivity index (χ1n) is 8.47. The second-order valence-electron chi connectivity index (χ2n) is 6.18. The van der Waals surface area contributed by atoms with E-state index in [4.69, 9.17) is 12.2 Å². The topological polar surface area (TPSA) is 102 Å². The maximum absolute atomic E-state index is 11.8. The molecule has 2 N–H and O–H groups in total. The summed E-state index contributed by atoms with van der Waals surface area (Å²) in [6.07, 6.45) is 2.28. The van der Waals surface area contributed by atoms with Crippen molar-refractivity contribution in [3.8, 4) is 0 Å². The van der Waals surface area contributed by atoms with Gasteiger partial charge in [-0.1, -0.05) is 5.18 Å². The minimum atomic E-state index is -0.0163. The van der Waals surface area contributed by atoms with Gasteiger partial charge < -0.3 is 15.1 Å². The Morgan fingerprint density at radius 1 is 1.50 bits per heavy atom. The predicted octanol–water partition coefficient (Wildman–Crippen LogP) is 0.457. The number of hydrogen-bond donors (Lipinski definition) is 2. The molecule has 2 aliphatic heterocycles. The fourth-order valence-electron chi connectivity index (χ4n) is 3.14. The third kappa shape index (κ3) is 4.02. The third-order valence-electron chi connectivity index (χ3n) is 4.43. The third-order valence-corrected chi connectivity index (χ3v) is 4.78. The molecule has 0 saturated carbocycles. The lowest BCUT2D eigenvalue weighted by Gasteiger charge is -2.34. The van der Waals surface area contributed by atoms with Crippen LogP contribution < -0.4 is 15.6 Å². The minimum Gasteiger partial charge on any atom is -0.345 e. The van der Waals surface area contributed by atoms with Crippen LogP contribution in [-0.4, -0.2) is 65.4 Å². The van der Waals surface area contributed by atoms with Crippen molar-refractivity contribution < 1.29 is 4.79 Å². The Hall–Kier alpha value is -2.46. The number of piperazine rings is 1. The summed E-state index contributed by atoms with van der Waals surface area (Å²) in [6.45, 7) is 4.39. The van der Waals surface area contributed by atoms with E-state index in [2.05, 4.69) is 26.0 Å². The minimum absolute atomic E-state index is 0.00477. The Morgan fingerprint density at radius 2 is 2.35 bits per heavy atom. The molecular weight excluding hydrogens is 354 g/mol. The Balaban J connectivity index is 1.70. The van der Waals surface area contributed by atoms with E-state index in [0.29, 0.717) is 30.3 Å². The fourth-order valence-corrected chi connectivity index (χ4v) is 3.35. The lowest BCUT2D eigenvalue weighted by molar-refractivity contribution is -0.116. The summed E-state index contributed by atoms with van der Waals surface area (Å²) in [5.74, 6) is -0.0163. The molecule has 1 aromatic rings. The smallest absolute Gasteiger partial charge is 0.223 e. The number of thiocarbonyl (C=S) groups is 1. The van der Waals surface area contributed by atoms with Crippen LogP contribution >= 0.6 is 12.2 Å². The van der Waals surface area contributed by atoms with E-state index in [1.165, 1.54) is 0 Å². The van der Waals surface area contributed by atoms with Crippen LogP contribution in [0.15, 0.2) is 28.6 Å². The van der Waals surface area contributed by atoms with Gasteiger partial charge in [-0.25, -0.2) is 0 Å². The molecule has 26 heavy (non-hydrogen) atoms. The zero-order valence-corrected chi connectivity index (χ0v) is 15.3. The highest BCUT2D eigenvalue weighted by atomic mass is 32.1. The van der Waals surface area contributed by atoms with Crippen LogP contribution in [0.2, 0.25) is 0 Å². The Bertz CT molecular complexity index is 739. The number of fused-ring (bicyclic) bond motifs is 1. The second kappa shape index (κ2) is 8.28. The average molecular weight is 375 g/mol. The number of hydrogen-bond acceptors (Lipinski definition) is 7. The van der Waals surface area contributed by atoms with Crippen molar-refractivity contribution in [3.05, 3.63) is 28.9 Å². The van der Waals surface area contributed by atoms with Crippen molar-refractivity contribution in [2.75, 3.05) is 37.6 Å². The molecule has 1 amide bonds. The quantitative estimate of drug-likeness (QED) is 0.449. The summed E-state index contributed by atoms with van der Waals surface area (Å²) in [4.78, 5) is 30.3. The van der Waals surface area contributed by atoms with Crippen molar-refractivity contribution in [1.29, 1.82) is 0 Å². The van der Waals surface area contributed by atoms with Crippen LogP contribution in [0, 0.1) is 4.91 Å². The molecule has 0 aliphatic carbocycles. The van der Waals surface area contributed by atoms with Crippen molar-refractivity contribution in [1.82, 2.24) is 20.6 Å². The number of pyridine rings is 1. The first-order chi connectivity index (χ1) is 12.6. The molecule has 0 radical (unpaired) electrons. The molecule has 0 bridgehead atoms. The summed E-state index contributed by atoms with van der Waals surface area (Å²) in [5.41, 5.74) is 5.15. The van der Waals surface area contributed by atoms with Crippen molar-refractivity contribution in [2.24, 2.45) is 10.3 Å². The molecule has 138 valence electrons. The maximum atomic E-state index is 11.8. The maximum Gasteiger partial charge on any atom is 0.223 e. The summed E-state index contributed by atoms with van der Waals surface area (Å²) >= 11 is 5.43. The van der Waals surface area contributed by atoms with Gasteiger partial charge >= 0.3 is 0 Å². The summed E-state index contributed by atoms with van der Waals surface area (Å²) in [6, 6.07) is 3.66. The van der Waals surface area contributed by atoms with Crippen LogP contribution in [0.5, 0.6) is 0 Å². The van der Waals surface area contributed by atoms with E-state index in [1.54, 1.807) is 24.1 Å². The Labute approximate surface area is 156 Å². The van der Waals surface area contributed by atoms with Crippen LogP contribution in [0.3, 0.4) is 0 Å². The first kappa shape index (κ1) is 18.3. The van der Waals surface area contributed by atoms with E-state index in [-0.39, 0.29) is 18.5 Å². The lowest BCUT2D eigenvalue weighted by Crippen LogP contribution is -2.55. The Morgan fingerprint density at radius 3 is 3.12 bits per heavy atom. The largest absolute Gasteiger partial charge is 0.345 e. The highest BCUT2D eigenvalue weighted by molar-refractivity contribution is 7.80. The zero-order chi connectivity index (χ0) is 18.5. The molecule has 1 saturated heterocycles. The van der Waals surface area contributed by atoms with Gasteiger partial charge in [0.05, 0.1) is 17.9 Å². The molecule has 3 rings (SSSR count). The van der Waals surface area contributed by atoms with E-state index in [0.717, 1.165) is 24.5 Å². The monoisotopic (exact) mass is 375 g/mol. The number of nitroso groups, excluding NO2 is 1. The molecule has 10 heteroatoms. The summed E-state index contributed by atoms with van der Waals surface area (Å²) in [7, 11) is 0. The molecule has 1 fully saturated rings. The standard InChI is InChI=1S/C16H21N7O2S/c1-11(24)23-7-4-13(15-14(23)3-2-5-18-15)20-21-16(26)22-8-6-17-12(10-22)9-19-25/h2-3,5,12,17H,4,6-10H2,1H3,(H,21,26)/b20-13-. The molecule has 3 heterocycles. The van der Waals surface area contributed by atoms with E-state index in [1.807, 2.05) is 11.0 Å². The number of rotatable bonds is 3. The normalized spacial score (nSPS) is 21.3. The average Bonchev–Trinajstić information content (AvgIpc) is 2.66. The van der Waals surface area contributed by atoms with E-state index < -0.39 is 0 Å². The van der Waals surface area contributed by atoms with Gasteiger partial charge in [0.25, 0.3) is 0 Å². The molecule has 1 atom stereocenters. The van der Waals surface area contributed by atoms with Gasteiger partial charge in [-0.15, -0.1) is 0 Å². The van der Waals surface area contributed by atoms with Crippen LogP contribution in [0.1, 0.15) is 19.0 Å². The predicted molar refractivity (Wildman–Crippen MR) is 103 cm³/mol. The number of aromatic nitrogens is 1. The van der Waals surface area contributed by atoms with Gasteiger partial charge in [0, 0.05) is 51.8 Å². The summed E-state index contributed by atoms with van der Waals surface area (Å²) < 4.78 is 0. The van der Waals surface area contributed by atoms with Gasteiger partial charge in [0.1, 0.15) is 5.69 Å². The highest BCUT2D eigenvalue weighted by Gasteiger charge is 2.26. The summed E-state index contributed by atoms with van der Waals surface area (Å²) in [5, 5.41) is 11.1. The molecule has 1 unspecified atom stereocenters. The number of carbonyl (C=O) groups is 1. The van der Waals surface area contributed by atoms with Gasteiger partial charge in [0.2, 0.25) is 5.91 Å². The molecule has 1 aromatic heterocycles. The van der Waals surface area contributed by atoms with Crippen molar-refractivity contribution in [3.63, 3.8) is 0 Å². The second-order valence-corrected chi connectivity index (χ2v) is 6.56.